The molecule has 0 radical (unpaired) electrons. The first kappa shape index (κ1) is 20.1. The number of rotatable bonds is 7. The highest BCUT2D eigenvalue weighted by atomic mass is 16.2. The summed E-state index contributed by atoms with van der Waals surface area (Å²) in [7, 11) is 0. The SMILES string of the molecule is CC(C)NC(=O)[C@@]1(Cc2ccc(-c3ccncc3)cc2)CCCN(CC2CC2)C1. The number of likely N-dealkylation sites (tertiary alicyclic amines) is 1. The van der Waals surface area contributed by atoms with Crippen molar-refractivity contribution in [2.45, 2.75) is 52.0 Å². The highest BCUT2D eigenvalue weighted by Crippen LogP contribution is 2.37. The summed E-state index contributed by atoms with van der Waals surface area (Å²) in [5.74, 6) is 1.09. The maximum Gasteiger partial charge on any atom is 0.228 e. The van der Waals surface area contributed by atoms with Gasteiger partial charge in [-0.05, 0) is 87.2 Å². The normalized spacial score (nSPS) is 22.6. The van der Waals surface area contributed by atoms with E-state index in [-0.39, 0.29) is 17.4 Å². The molecule has 1 saturated carbocycles. The summed E-state index contributed by atoms with van der Waals surface area (Å²) >= 11 is 0. The van der Waals surface area contributed by atoms with E-state index >= 15 is 0 Å². The predicted octanol–water partition coefficient (Wildman–Crippen LogP) is 4.31. The van der Waals surface area contributed by atoms with Crippen molar-refractivity contribution < 1.29 is 4.79 Å². The average molecular weight is 392 g/mol. The van der Waals surface area contributed by atoms with Gasteiger partial charge in [0.25, 0.3) is 0 Å². The molecule has 2 fully saturated rings. The lowest BCUT2D eigenvalue weighted by Gasteiger charge is -2.42. The largest absolute Gasteiger partial charge is 0.353 e. The van der Waals surface area contributed by atoms with Crippen LogP contribution < -0.4 is 5.32 Å². The second-order valence-electron chi connectivity index (χ2n) is 9.30. The van der Waals surface area contributed by atoms with Crippen molar-refractivity contribution in [3.05, 3.63) is 54.4 Å². The minimum atomic E-state index is -0.324. The monoisotopic (exact) mass is 391 g/mol. The van der Waals surface area contributed by atoms with E-state index in [1.165, 1.54) is 29.5 Å². The van der Waals surface area contributed by atoms with E-state index in [2.05, 4.69) is 53.3 Å². The number of carbonyl (C=O) groups is 1. The second-order valence-corrected chi connectivity index (χ2v) is 9.30. The fourth-order valence-electron chi connectivity index (χ4n) is 4.62. The van der Waals surface area contributed by atoms with Crippen LogP contribution in [-0.2, 0) is 11.2 Å². The third-order valence-electron chi connectivity index (χ3n) is 6.28. The predicted molar refractivity (Wildman–Crippen MR) is 117 cm³/mol. The quantitative estimate of drug-likeness (QED) is 0.765. The van der Waals surface area contributed by atoms with Gasteiger partial charge in [0.15, 0.2) is 0 Å². The molecule has 154 valence electrons. The maximum absolute atomic E-state index is 13.3. The summed E-state index contributed by atoms with van der Waals surface area (Å²) in [4.78, 5) is 20.0. The van der Waals surface area contributed by atoms with Crippen LogP contribution in [0.4, 0.5) is 0 Å². The number of nitrogens with one attached hydrogen (secondary N) is 1. The molecule has 1 aliphatic heterocycles. The Bertz CT molecular complexity index is 814. The third-order valence-corrected chi connectivity index (χ3v) is 6.28. The van der Waals surface area contributed by atoms with Gasteiger partial charge in [-0.15, -0.1) is 0 Å². The van der Waals surface area contributed by atoms with Gasteiger partial charge in [-0.25, -0.2) is 0 Å². The summed E-state index contributed by atoms with van der Waals surface area (Å²) in [6.45, 7) is 7.29. The van der Waals surface area contributed by atoms with Crippen LogP contribution in [0.15, 0.2) is 48.8 Å². The Labute approximate surface area is 174 Å². The summed E-state index contributed by atoms with van der Waals surface area (Å²) in [6, 6.07) is 13.0. The van der Waals surface area contributed by atoms with Crippen LogP contribution in [0.1, 0.15) is 45.1 Å². The highest BCUT2D eigenvalue weighted by Gasteiger charge is 2.43. The number of aromatic nitrogens is 1. The molecule has 29 heavy (non-hydrogen) atoms. The topological polar surface area (TPSA) is 45.2 Å². The van der Waals surface area contributed by atoms with Crippen molar-refractivity contribution in [3.8, 4) is 11.1 Å². The zero-order chi connectivity index (χ0) is 20.3. The zero-order valence-electron chi connectivity index (χ0n) is 17.7. The van der Waals surface area contributed by atoms with Gasteiger partial charge in [0, 0.05) is 31.5 Å². The summed E-state index contributed by atoms with van der Waals surface area (Å²) < 4.78 is 0. The molecule has 1 amide bonds. The van der Waals surface area contributed by atoms with Gasteiger partial charge in [0.05, 0.1) is 5.41 Å². The number of pyridine rings is 1. The Morgan fingerprint density at radius 2 is 1.83 bits per heavy atom. The molecule has 2 aromatic rings. The number of piperidine rings is 1. The first-order chi connectivity index (χ1) is 14.0. The number of hydrogen-bond donors (Lipinski definition) is 1. The lowest BCUT2D eigenvalue weighted by Crippen LogP contribution is -2.54. The van der Waals surface area contributed by atoms with Gasteiger partial charge >= 0.3 is 0 Å². The number of hydrogen-bond acceptors (Lipinski definition) is 3. The zero-order valence-corrected chi connectivity index (χ0v) is 17.7. The number of amides is 1. The molecule has 0 bridgehead atoms. The molecule has 1 aromatic heterocycles. The molecule has 4 nitrogen and oxygen atoms in total. The fourth-order valence-corrected chi connectivity index (χ4v) is 4.62. The third kappa shape index (κ3) is 5.05. The second kappa shape index (κ2) is 8.66. The van der Waals surface area contributed by atoms with Crippen LogP contribution >= 0.6 is 0 Å². The van der Waals surface area contributed by atoms with Gasteiger partial charge in [-0.3, -0.25) is 9.78 Å². The molecule has 1 atom stereocenters. The first-order valence-corrected chi connectivity index (χ1v) is 11.1. The van der Waals surface area contributed by atoms with E-state index in [9.17, 15) is 4.79 Å². The molecule has 2 heterocycles. The Morgan fingerprint density at radius 1 is 1.14 bits per heavy atom. The van der Waals surface area contributed by atoms with Crippen molar-refractivity contribution in [1.82, 2.24) is 15.2 Å². The first-order valence-electron chi connectivity index (χ1n) is 11.1. The van der Waals surface area contributed by atoms with E-state index < -0.39 is 0 Å². The van der Waals surface area contributed by atoms with E-state index in [0.717, 1.165) is 44.8 Å². The summed E-state index contributed by atoms with van der Waals surface area (Å²) in [5, 5.41) is 3.23. The van der Waals surface area contributed by atoms with Gasteiger partial charge in [-0.1, -0.05) is 24.3 Å². The summed E-state index contributed by atoms with van der Waals surface area (Å²) in [5.41, 5.74) is 3.29. The molecule has 1 saturated heterocycles. The van der Waals surface area contributed by atoms with Crippen molar-refractivity contribution >= 4 is 5.91 Å². The van der Waals surface area contributed by atoms with Crippen LogP contribution in [0.2, 0.25) is 0 Å². The summed E-state index contributed by atoms with van der Waals surface area (Å²) in [6.07, 6.45) is 9.25. The minimum Gasteiger partial charge on any atom is -0.353 e. The molecule has 1 aliphatic carbocycles. The average Bonchev–Trinajstić information content (AvgIpc) is 3.53. The van der Waals surface area contributed by atoms with Crippen molar-refractivity contribution in [2.75, 3.05) is 19.6 Å². The molecule has 2 aliphatic rings. The van der Waals surface area contributed by atoms with E-state index in [1.807, 2.05) is 24.5 Å². The molecule has 4 heteroatoms. The Kier molecular flexibility index (Phi) is 6.00. The van der Waals surface area contributed by atoms with Crippen LogP contribution in [0, 0.1) is 11.3 Å². The van der Waals surface area contributed by atoms with Crippen LogP contribution in [0.25, 0.3) is 11.1 Å². The molecular weight excluding hydrogens is 358 g/mol. The molecule has 0 spiro atoms. The smallest absolute Gasteiger partial charge is 0.228 e. The van der Waals surface area contributed by atoms with E-state index in [0.29, 0.717) is 0 Å². The van der Waals surface area contributed by atoms with E-state index in [1.54, 1.807) is 0 Å². The van der Waals surface area contributed by atoms with E-state index in [4.69, 9.17) is 0 Å². The Morgan fingerprint density at radius 3 is 2.48 bits per heavy atom. The van der Waals surface area contributed by atoms with Gasteiger partial charge < -0.3 is 10.2 Å². The molecule has 0 unspecified atom stereocenters. The molecule has 1 aromatic carbocycles. The molecular formula is C25H33N3O. The fraction of sp³-hybridized carbons (Fsp3) is 0.520. The lowest BCUT2D eigenvalue weighted by molar-refractivity contribution is -0.135. The van der Waals surface area contributed by atoms with Gasteiger partial charge in [0.2, 0.25) is 5.91 Å². The molecule has 1 N–H and O–H groups in total. The van der Waals surface area contributed by atoms with Gasteiger partial charge in [-0.2, -0.15) is 0 Å². The number of nitrogens with zero attached hydrogens (tertiary/aromatic N) is 2. The lowest BCUT2D eigenvalue weighted by atomic mass is 9.74. The van der Waals surface area contributed by atoms with Crippen molar-refractivity contribution in [1.29, 1.82) is 0 Å². The number of carbonyl (C=O) groups excluding carboxylic acids is 1. The Balaban J connectivity index is 1.53. The van der Waals surface area contributed by atoms with Crippen LogP contribution in [0.3, 0.4) is 0 Å². The van der Waals surface area contributed by atoms with Crippen molar-refractivity contribution in [2.24, 2.45) is 11.3 Å². The van der Waals surface area contributed by atoms with Crippen LogP contribution in [-0.4, -0.2) is 41.5 Å². The molecule has 4 rings (SSSR count). The van der Waals surface area contributed by atoms with Gasteiger partial charge in [0.1, 0.15) is 0 Å². The number of benzene rings is 1. The van der Waals surface area contributed by atoms with Crippen LogP contribution in [0.5, 0.6) is 0 Å². The maximum atomic E-state index is 13.3. The highest BCUT2D eigenvalue weighted by molar-refractivity contribution is 5.83. The standard InChI is InChI=1S/C25H33N3O/c1-19(2)27-24(29)25(12-3-15-28(18-25)17-21-4-5-21)16-20-6-8-22(9-7-20)23-10-13-26-14-11-23/h6-11,13-14,19,21H,3-5,12,15-18H2,1-2H3,(H,27,29)/t25-/m1/s1. The van der Waals surface area contributed by atoms with Crippen molar-refractivity contribution in [3.63, 3.8) is 0 Å². The minimum absolute atomic E-state index is 0.173. The Hall–Kier alpha value is -2.20.